The van der Waals surface area contributed by atoms with E-state index in [1.807, 2.05) is 36.4 Å². The summed E-state index contributed by atoms with van der Waals surface area (Å²) in [6.07, 6.45) is 6.69. The van der Waals surface area contributed by atoms with Crippen LogP contribution in [0.5, 0.6) is 11.6 Å². The number of anilines is 2. The van der Waals surface area contributed by atoms with Crippen molar-refractivity contribution in [3.8, 4) is 11.6 Å². The number of fused-ring (bicyclic) bond motifs is 1. The number of allylic oxidation sites excluding steroid dienone is 2. The van der Waals surface area contributed by atoms with Crippen molar-refractivity contribution in [2.24, 2.45) is 5.73 Å². The average Bonchev–Trinajstić information content (AvgIpc) is 3.26. The third kappa shape index (κ3) is 4.39. The zero-order valence-corrected chi connectivity index (χ0v) is 20.2. The highest BCUT2D eigenvalue weighted by atomic mass is 16.5. The molecule has 0 fully saturated rings. The Kier molecular flexibility index (Phi) is 5.91. The lowest BCUT2D eigenvalue weighted by atomic mass is 10.00. The van der Waals surface area contributed by atoms with Crippen molar-refractivity contribution in [2.75, 3.05) is 12.4 Å². The zero-order chi connectivity index (χ0) is 25.3. The molecule has 5 rings (SSSR count). The van der Waals surface area contributed by atoms with Gasteiger partial charge in [0.15, 0.2) is 5.84 Å². The van der Waals surface area contributed by atoms with Crippen LogP contribution in [-0.4, -0.2) is 33.6 Å². The largest absolute Gasteiger partial charge is 0.469 e. The van der Waals surface area contributed by atoms with Crippen LogP contribution in [0.3, 0.4) is 0 Å². The molecule has 1 aliphatic rings. The molecule has 1 atom stereocenters. The quantitative estimate of drug-likeness (QED) is 0.187. The van der Waals surface area contributed by atoms with Gasteiger partial charge in [-0.25, -0.2) is 9.97 Å². The number of pyridine rings is 1. The van der Waals surface area contributed by atoms with Crippen molar-refractivity contribution in [1.29, 1.82) is 5.41 Å². The number of hydrogen-bond donors (Lipinski definition) is 5. The number of aromatic nitrogens is 3. The number of nitrogens with two attached hydrogens (primary N) is 1. The van der Waals surface area contributed by atoms with E-state index in [1.165, 1.54) is 17.4 Å². The standard InChI is InChI=1S/C27H27N7O2/c1-16-13-22-23(14-17(16)2)34-26(33-22)32-19-6-8-20(9-7-19)36-24-21(5-4-11-31-24)18-10-12-35-27(15-18,30-3)25(28)29/h4-15,30H,1-3H3,(H3,28,29)(H2,32,33,34). The second kappa shape index (κ2) is 9.20. The summed E-state index contributed by atoms with van der Waals surface area (Å²) in [5.74, 6) is 1.57. The summed E-state index contributed by atoms with van der Waals surface area (Å²) in [6.45, 7) is 4.17. The molecule has 2 aromatic heterocycles. The molecular weight excluding hydrogens is 454 g/mol. The smallest absolute Gasteiger partial charge is 0.237 e. The van der Waals surface area contributed by atoms with Gasteiger partial charge in [-0.1, -0.05) is 0 Å². The maximum absolute atomic E-state index is 7.93. The van der Waals surface area contributed by atoms with Gasteiger partial charge in [0.25, 0.3) is 0 Å². The minimum Gasteiger partial charge on any atom is -0.469 e. The van der Waals surface area contributed by atoms with E-state index in [1.54, 1.807) is 25.4 Å². The maximum Gasteiger partial charge on any atom is 0.237 e. The third-order valence-corrected chi connectivity index (χ3v) is 6.14. The Balaban J connectivity index is 1.36. The molecule has 0 saturated heterocycles. The summed E-state index contributed by atoms with van der Waals surface area (Å²) < 4.78 is 11.7. The van der Waals surface area contributed by atoms with Gasteiger partial charge in [-0.15, -0.1) is 0 Å². The number of amidine groups is 1. The van der Waals surface area contributed by atoms with Gasteiger partial charge in [-0.3, -0.25) is 10.7 Å². The molecule has 0 saturated carbocycles. The molecule has 1 aliphatic heterocycles. The molecular formula is C27H27N7O2. The van der Waals surface area contributed by atoms with Gasteiger partial charge in [-0.05, 0) is 98.3 Å². The van der Waals surface area contributed by atoms with E-state index in [0.29, 0.717) is 17.6 Å². The third-order valence-electron chi connectivity index (χ3n) is 6.14. The summed E-state index contributed by atoms with van der Waals surface area (Å²) in [6, 6.07) is 15.4. The summed E-state index contributed by atoms with van der Waals surface area (Å²) in [4.78, 5) is 12.4. The molecule has 1 unspecified atom stereocenters. The highest BCUT2D eigenvalue weighted by molar-refractivity contribution is 5.92. The number of H-pyrrole nitrogens is 1. The van der Waals surface area contributed by atoms with Crippen LogP contribution in [0.4, 0.5) is 11.6 Å². The number of aryl methyl sites for hydroxylation is 2. The van der Waals surface area contributed by atoms with Gasteiger partial charge in [-0.2, -0.15) is 0 Å². The van der Waals surface area contributed by atoms with E-state index < -0.39 is 5.72 Å². The Morgan fingerprint density at radius 3 is 2.67 bits per heavy atom. The lowest BCUT2D eigenvalue weighted by Crippen LogP contribution is -2.54. The first-order valence-electron chi connectivity index (χ1n) is 11.4. The van der Waals surface area contributed by atoms with Crippen molar-refractivity contribution in [2.45, 2.75) is 19.6 Å². The zero-order valence-electron chi connectivity index (χ0n) is 20.2. The van der Waals surface area contributed by atoms with Crippen LogP contribution in [0.2, 0.25) is 0 Å². The SMILES string of the molecule is CNC1(C(=N)N)C=C(c2cccnc2Oc2ccc(Nc3nc4cc(C)c(C)cc4[nH]3)cc2)C=CO1. The first-order valence-corrected chi connectivity index (χ1v) is 11.4. The number of benzene rings is 2. The van der Waals surface area contributed by atoms with Crippen molar-refractivity contribution in [3.63, 3.8) is 0 Å². The topological polar surface area (TPSA) is 134 Å². The lowest BCUT2D eigenvalue weighted by Gasteiger charge is -2.31. The van der Waals surface area contributed by atoms with Gasteiger partial charge in [0.2, 0.25) is 17.6 Å². The van der Waals surface area contributed by atoms with Crippen molar-refractivity contribution < 1.29 is 9.47 Å². The number of nitrogens with one attached hydrogen (secondary N) is 4. The molecule has 2 aromatic carbocycles. The Bertz CT molecular complexity index is 1470. The number of ether oxygens (including phenoxy) is 2. The number of rotatable bonds is 7. The maximum atomic E-state index is 7.93. The molecule has 0 spiro atoms. The molecule has 6 N–H and O–H groups in total. The first-order chi connectivity index (χ1) is 17.4. The monoisotopic (exact) mass is 481 g/mol. The summed E-state index contributed by atoms with van der Waals surface area (Å²) in [5, 5.41) is 14.2. The molecule has 36 heavy (non-hydrogen) atoms. The Morgan fingerprint density at radius 2 is 1.92 bits per heavy atom. The van der Waals surface area contributed by atoms with E-state index in [9.17, 15) is 0 Å². The summed E-state index contributed by atoms with van der Waals surface area (Å²) >= 11 is 0. The van der Waals surface area contributed by atoms with Gasteiger partial charge in [0.05, 0.1) is 17.3 Å². The predicted molar refractivity (Wildman–Crippen MR) is 142 cm³/mol. The normalized spacial score (nSPS) is 16.9. The second-order valence-corrected chi connectivity index (χ2v) is 8.57. The molecule has 0 aliphatic carbocycles. The molecule has 182 valence electrons. The van der Waals surface area contributed by atoms with E-state index in [-0.39, 0.29) is 5.84 Å². The molecule has 0 radical (unpaired) electrons. The Labute approximate surface area is 208 Å². The fraction of sp³-hybridized carbons (Fsp3) is 0.148. The summed E-state index contributed by atoms with van der Waals surface area (Å²) in [7, 11) is 1.68. The average molecular weight is 482 g/mol. The molecule has 9 heteroatoms. The minimum atomic E-state index is -1.22. The van der Waals surface area contributed by atoms with Crippen LogP contribution in [0.1, 0.15) is 16.7 Å². The Morgan fingerprint density at radius 1 is 1.14 bits per heavy atom. The van der Waals surface area contributed by atoms with Crippen molar-refractivity contribution in [1.82, 2.24) is 20.3 Å². The summed E-state index contributed by atoms with van der Waals surface area (Å²) in [5.41, 5.74) is 11.3. The number of aromatic amines is 1. The fourth-order valence-corrected chi connectivity index (χ4v) is 3.97. The van der Waals surface area contributed by atoms with E-state index in [0.717, 1.165) is 27.9 Å². The number of hydrogen-bond acceptors (Lipinski definition) is 7. The van der Waals surface area contributed by atoms with Crippen LogP contribution in [0.15, 0.2) is 73.1 Å². The Hall–Kier alpha value is -4.63. The molecule has 0 amide bonds. The highest BCUT2D eigenvalue weighted by Crippen LogP contribution is 2.33. The van der Waals surface area contributed by atoms with Crippen LogP contribution < -0.4 is 21.1 Å². The van der Waals surface area contributed by atoms with Crippen LogP contribution >= 0.6 is 0 Å². The van der Waals surface area contributed by atoms with Gasteiger partial charge in [0, 0.05) is 17.4 Å². The number of nitrogens with zero attached hydrogens (tertiary/aromatic N) is 2. The van der Waals surface area contributed by atoms with Crippen LogP contribution in [0.25, 0.3) is 16.6 Å². The first kappa shape index (κ1) is 23.1. The molecule has 4 aromatic rings. The number of likely N-dealkylation sites (N-methyl/N-ethyl adjacent to an activating group) is 1. The molecule has 0 bridgehead atoms. The van der Waals surface area contributed by atoms with Crippen molar-refractivity contribution in [3.05, 3.63) is 89.8 Å². The second-order valence-electron chi connectivity index (χ2n) is 8.57. The van der Waals surface area contributed by atoms with E-state index >= 15 is 0 Å². The van der Waals surface area contributed by atoms with Crippen molar-refractivity contribution >= 4 is 34.1 Å². The van der Waals surface area contributed by atoms with Gasteiger partial charge in [0.1, 0.15) is 5.75 Å². The highest BCUT2D eigenvalue weighted by Gasteiger charge is 2.33. The molecule has 3 heterocycles. The van der Waals surface area contributed by atoms with E-state index in [4.69, 9.17) is 20.6 Å². The minimum absolute atomic E-state index is 0.156. The van der Waals surface area contributed by atoms with E-state index in [2.05, 4.69) is 51.6 Å². The van der Waals surface area contributed by atoms with Gasteiger partial charge < -0.3 is 25.5 Å². The van der Waals surface area contributed by atoms with Crippen LogP contribution in [0, 0.1) is 19.3 Å². The lowest BCUT2D eigenvalue weighted by molar-refractivity contribution is 0.103. The predicted octanol–water partition coefficient (Wildman–Crippen LogP) is 4.89. The number of imidazole rings is 1. The van der Waals surface area contributed by atoms with Gasteiger partial charge >= 0.3 is 0 Å². The molecule has 9 nitrogen and oxygen atoms in total. The fourth-order valence-electron chi connectivity index (χ4n) is 3.97. The van der Waals surface area contributed by atoms with Crippen LogP contribution in [-0.2, 0) is 4.74 Å².